The minimum Gasteiger partial charge on any atom is -0.379 e. The average molecular weight is 348 g/mol. The number of hydrogen-bond acceptors (Lipinski definition) is 5. The number of carbonyl (C=O) groups excluding carboxylic acids is 1. The standard InChI is InChI=1S/C17H28N6O2/c1-3-22-15-13-19-23(17(15)14(2)20-22)8-5-16(24)18-6-4-7-21-9-11-25-12-10-21/h13H,3-12H2,1-2H3,(H,18,24). The minimum absolute atomic E-state index is 0.0752. The van der Waals surface area contributed by atoms with Crippen LogP contribution < -0.4 is 5.32 Å². The first-order chi connectivity index (χ1) is 12.2. The summed E-state index contributed by atoms with van der Waals surface area (Å²) in [6, 6.07) is 0. The molecule has 1 saturated heterocycles. The molecular formula is C17H28N6O2. The second kappa shape index (κ2) is 8.44. The van der Waals surface area contributed by atoms with Gasteiger partial charge in [0.05, 0.1) is 31.6 Å². The van der Waals surface area contributed by atoms with E-state index in [1.165, 1.54) is 0 Å². The van der Waals surface area contributed by atoms with Gasteiger partial charge < -0.3 is 10.1 Å². The number of aryl methyl sites for hydroxylation is 3. The summed E-state index contributed by atoms with van der Waals surface area (Å²) in [7, 11) is 0. The van der Waals surface area contributed by atoms with E-state index < -0.39 is 0 Å². The van der Waals surface area contributed by atoms with Crippen molar-refractivity contribution in [3.8, 4) is 0 Å². The lowest BCUT2D eigenvalue weighted by Gasteiger charge is -2.26. The molecule has 1 fully saturated rings. The van der Waals surface area contributed by atoms with E-state index in [9.17, 15) is 4.79 Å². The average Bonchev–Trinajstić information content (AvgIpc) is 3.19. The molecule has 1 aliphatic rings. The van der Waals surface area contributed by atoms with Gasteiger partial charge >= 0.3 is 0 Å². The van der Waals surface area contributed by atoms with Gasteiger partial charge in [0.2, 0.25) is 5.91 Å². The van der Waals surface area contributed by atoms with E-state index >= 15 is 0 Å². The zero-order chi connectivity index (χ0) is 17.6. The Morgan fingerprint density at radius 3 is 2.84 bits per heavy atom. The van der Waals surface area contributed by atoms with Gasteiger partial charge in [0.1, 0.15) is 11.0 Å². The van der Waals surface area contributed by atoms with Crippen LogP contribution in [0.1, 0.15) is 25.5 Å². The summed E-state index contributed by atoms with van der Waals surface area (Å²) in [5, 5.41) is 11.9. The molecule has 0 aromatic carbocycles. The van der Waals surface area contributed by atoms with E-state index in [1.54, 1.807) is 0 Å². The molecule has 0 bridgehead atoms. The summed E-state index contributed by atoms with van der Waals surface area (Å²) in [6.45, 7) is 10.8. The molecule has 0 radical (unpaired) electrons. The molecule has 25 heavy (non-hydrogen) atoms. The highest BCUT2D eigenvalue weighted by atomic mass is 16.5. The number of aromatic nitrogens is 4. The first-order valence-corrected chi connectivity index (χ1v) is 9.14. The largest absolute Gasteiger partial charge is 0.379 e. The molecule has 1 N–H and O–H groups in total. The number of nitrogens with zero attached hydrogens (tertiary/aromatic N) is 5. The van der Waals surface area contributed by atoms with Gasteiger partial charge in [0, 0.05) is 32.6 Å². The highest BCUT2D eigenvalue weighted by Gasteiger charge is 2.13. The van der Waals surface area contributed by atoms with Crippen molar-refractivity contribution in [1.29, 1.82) is 0 Å². The number of fused-ring (bicyclic) bond motifs is 1. The number of hydrogen-bond donors (Lipinski definition) is 1. The molecule has 1 aliphatic heterocycles. The van der Waals surface area contributed by atoms with Crippen LogP contribution in [-0.4, -0.2) is 69.8 Å². The molecule has 2 aromatic rings. The van der Waals surface area contributed by atoms with Gasteiger partial charge in [-0.25, -0.2) is 0 Å². The lowest BCUT2D eigenvalue weighted by molar-refractivity contribution is -0.121. The fraction of sp³-hybridized carbons (Fsp3) is 0.706. The third-order valence-electron chi connectivity index (χ3n) is 4.64. The molecule has 0 spiro atoms. The van der Waals surface area contributed by atoms with Gasteiger partial charge in [-0.3, -0.25) is 19.1 Å². The van der Waals surface area contributed by atoms with Crippen LogP contribution in [-0.2, 0) is 22.6 Å². The monoisotopic (exact) mass is 348 g/mol. The molecule has 8 heteroatoms. The Kier molecular flexibility index (Phi) is 6.04. The Morgan fingerprint density at radius 2 is 2.08 bits per heavy atom. The first kappa shape index (κ1) is 17.9. The normalized spacial score (nSPS) is 15.8. The molecule has 0 saturated carbocycles. The summed E-state index contributed by atoms with van der Waals surface area (Å²) >= 11 is 0. The molecule has 2 aromatic heterocycles. The van der Waals surface area contributed by atoms with Crippen molar-refractivity contribution in [2.75, 3.05) is 39.4 Å². The van der Waals surface area contributed by atoms with E-state index in [0.29, 0.717) is 13.0 Å². The highest BCUT2D eigenvalue weighted by Crippen LogP contribution is 2.17. The molecule has 0 unspecified atom stereocenters. The maximum Gasteiger partial charge on any atom is 0.221 e. The zero-order valence-corrected chi connectivity index (χ0v) is 15.2. The van der Waals surface area contributed by atoms with E-state index in [-0.39, 0.29) is 5.91 Å². The fourth-order valence-electron chi connectivity index (χ4n) is 3.28. The Labute approximate surface area is 148 Å². The van der Waals surface area contributed by atoms with Crippen molar-refractivity contribution in [2.24, 2.45) is 0 Å². The van der Waals surface area contributed by atoms with Crippen LogP contribution in [0.5, 0.6) is 0 Å². The van der Waals surface area contributed by atoms with Gasteiger partial charge in [-0.1, -0.05) is 0 Å². The van der Waals surface area contributed by atoms with Crippen LogP contribution in [0.2, 0.25) is 0 Å². The summed E-state index contributed by atoms with van der Waals surface area (Å²) in [4.78, 5) is 14.4. The zero-order valence-electron chi connectivity index (χ0n) is 15.2. The van der Waals surface area contributed by atoms with Crippen molar-refractivity contribution in [3.63, 3.8) is 0 Å². The van der Waals surface area contributed by atoms with Crippen LogP contribution in [0.3, 0.4) is 0 Å². The fourth-order valence-corrected chi connectivity index (χ4v) is 3.28. The number of morpholine rings is 1. The van der Waals surface area contributed by atoms with E-state index in [2.05, 4.69) is 27.3 Å². The SMILES string of the molecule is CCn1nc(C)c2c1cnn2CCC(=O)NCCCN1CCOCC1. The maximum absolute atomic E-state index is 12.1. The van der Waals surface area contributed by atoms with Crippen molar-refractivity contribution >= 4 is 16.9 Å². The molecule has 3 rings (SSSR count). The van der Waals surface area contributed by atoms with Crippen LogP contribution in [0.25, 0.3) is 11.0 Å². The lowest BCUT2D eigenvalue weighted by atomic mass is 10.3. The molecule has 1 amide bonds. The summed E-state index contributed by atoms with van der Waals surface area (Å²) < 4.78 is 9.16. The third-order valence-corrected chi connectivity index (χ3v) is 4.64. The first-order valence-electron chi connectivity index (χ1n) is 9.14. The second-order valence-electron chi connectivity index (χ2n) is 6.41. The van der Waals surface area contributed by atoms with Gasteiger partial charge in [0.15, 0.2) is 0 Å². The van der Waals surface area contributed by atoms with Crippen molar-refractivity contribution in [2.45, 2.75) is 39.8 Å². The van der Waals surface area contributed by atoms with Crippen molar-refractivity contribution in [3.05, 3.63) is 11.9 Å². The molecule has 0 atom stereocenters. The Bertz CT molecular complexity index is 701. The van der Waals surface area contributed by atoms with Gasteiger partial charge in [-0.2, -0.15) is 10.2 Å². The van der Waals surface area contributed by atoms with Crippen molar-refractivity contribution in [1.82, 2.24) is 29.8 Å². The molecule has 3 heterocycles. The quantitative estimate of drug-likeness (QED) is 0.714. The molecular weight excluding hydrogens is 320 g/mol. The number of ether oxygens (including phenoxy) is 1. The Hall–Kier alpha value is -1.93. The molecule has 0 aliphatic carbocycles. The van der Waals surface area contributed by atoms with Gasteiger partial charge in [-0.05, 0) is 26.8 Å². The van der Waals surface area contributed by atoms with Crippen LogP contribution in [0, 0.1) is 6.92 Å². The molecule has 138 valence electrons. The third kappa shape index (κ3) is 4.38. The maximum atomic E-state index is 12.1. The number of rotatable bonds is 8. The Balaban J connectivity index is 1.41. The number of amides is 1. The molecule has 8 nitrogen and oxygen atoms in total. The number of nitrogens with one attached hydrogen (secondary N) is 1. The van der Waals surface area contributed by atoms with E-state index in [1.807, 2.05) is 22.5 Å². The van der Waals surface area contributed by atoms with Crippen molar-refractivity contribution < 1.29 is 9.53 Å². The van der Waals surface area contributed by atoms with E-state index in [0.717, 1.165) is 69.1 Å². The minimum atomic E-state index is 0.0752. The van der Waals surface area contributed by atoms with Crippen LogP contribution in [0.15, 0.2) is 6.20 Å². The second-order valence-corrected chi connectivity index (χ2v) is 6.41. The van der Waals surface area contributed by atoms with Gasteiger partial charge in [0.25, 0.3) is 0 Å². The van der Waals surface area contributed by atoms with Crippen LogP contribution >= 0.6 is 0 Å². The summed E-state index contributed by atoms with van der Waals surface area (Å²) in [5.41, 5.74) is 3.02. The lowest BCUT2D eigenvalue weighted by Crippen LogP contribution is -2.38. The summed E-state index contributed by atoms with van der Waals surface area (Å²) in [5.74, 6) is 0.0752. The summed E-state index contributed by atoms with van der Waals surface area (Å²) in [6.07, 6.45) is 3.24. The highest BCUT2D eigenvalue weighted by molar-refractivity contribution is 5.78. The predicted octanol–water partition coefficient (Wildman–Crippen LogP) is 0.790. The Morgan fingerprint density at radius 1 is 1.28 bits per heavy atom. The van der Waals surface area contributed by atoms with Gasteiger partial charge in [-0.15, -0.1) is 0 Å². The number of carbonyl (C=O) groups is 1. The topological polar surface area (TPSA) is 77.2 Å². The smallest absolute Gasteiger partial charge is 0.221 e. The predicted molar refractivity (Wildman–Crippen MR) is 95.4 cm³/mol. The van der Waals surface area contributed by atoms with Crippen LogP contribution in [0.4, 0.5) is 0 Å². The van der Waals surface area contributed by atoms with E-state index in [4.69, 9.17) is 4.74 Å².